The van der Waals surface area contributed by atoms with Crippen molar-refractivity contribution in [3.05, 3.63) is 0 Å². The first kappa shape index (κ1) is 25.0. The van der Waals surface area contributed by atoms with Crippen molar-refractivity contribution in [3.63, 3.8) is 0 Å². The first-order valence-corrected chi connectivity index (χ1v) is 15.1. The molecule has 1 radical (unpaired) electrons. The van der Waals surface area contributed by atoms with E-state index in [0.717, 1.165) is 0 Å². The van der Waals surface area contributed by atoms with Crippen LogP contribution in [0.5, 0.6) is 0 Å². The van der Waals surface area contributed by atoms with E-state index in [0.29, 0.717) is 0 Å². The Bertz CT molecular complexity index is 255. The summed E-state index contributed by atoms with van der Waals surface area (Å²) in [4.78, 5) is 0. The number of rotatable bonds is 4. The van der Waals surface area contributed by atoms with E-state index in [1.807, 2.05) is 0 Å². The lowest BCUT2D eigenvalue weighted by atomic mass is 10.2. The molecule has 0 fully saturated rings. The molecule has 17 heavy (non-hydrogen) atoms. The van der Waals surface area contributed by atoms with Gasteiger partial charge < -0.3 is 0 Å². The number of alkyl halides is 11. The van der Waals surface area contributed by atoms with E-state index in [4.69, 9.17) is 0 Å². The summed E-state index contributed by atoms with van der Waals surface area (Å²) >= 11 is 25.6. The fraction of sp³-hybridized carbons (Fsp3) is 1.00. The van der Waals surface area contributed by atoms with Crippen LogP contribution < -0.4 is 0 Å². The highest BCUT2D eigenvalue weighted by Gasteiger charge is 2.70. The summed E-state index contributed by atoms with van der Waals surface area (Å²) in [7, 11) is 0. The van der Waals surface area contributed by atoms with Crippen molar-refractivity contribution in [2.24, 2.45) is 0 Å². The van der Waals surface area contributed by atoms with Crippen LogP contribution in [0.1, 0.15) is 0 Å². The van der Waals surface area contributed by atoms with Crippen LogP contribution in [-0.4, -0.2) is 5.34 Å². The molecule has 0 aromatic carbocycles. The van der Waals surface area contributed by atoms with Crippen molar-refractivity contribution in [1.82, 2.24) is 0 Å². The van der Waals surface area contributed by atoms with E-state index in [1.54, 1.807) is 0 Å². The predicted molar refractivity (Wildman–Crippen MR) is 169 cm³/mol. The highest BCUT2D eigenvalue weighted by molar-refractivity contribution is 14.3. The van der Waals surface area contributed by atoms with Crippen molar-refractivity contribution in [1.29, 1.82) is 0 Å². The van der Waals surface area contributed by atoms with E-state index < -0.39 is 5.04 Å². The fourth-order valence-corrected chi connectivity index (χ4v) is 13.0. The number of hydrogen-bond donors (Lipinski definition) is 0. The Morgan fingerprint density at radius 2 is 0.765 bits per heavy atom. The Labute approximate surface area is 251 Å². The Balaban J connectivity index is 5.73. The average molecular weight is 1470 g/mol. The molecule has 0 heterocycles. The van der Waals surface area contributed by atoms with Crippen LogP contribution in [0.15, 0.2) is 0 Å². The predicted octanol–water partition coefficient (Wildman–Crippen LogP) is 8.60. The largest absolute Gasteiger partial charge is 0.212 e. The van der Waals surface area contributed by atoms with Crippen molar-refractivity contribution in [2.45, 2.75) is 5.34 Å². The van der Waals surface area contributed by atoms with Crippen molar-refractivity contribution >= 4 is 248 Å². The monoisotopic (exact) mass is 1470 g/mol. The molecule has 12 heteroatoms. The van der Waals surface area contributed by atoms with Gasteiger partial charge in [-0.2, -0.15) is 0 Å². The van der Waals surface area contributed by atoms with Gasteiger partial charge in [-0.1, -0.05) is 226 Å². The smallest absolute Gasteiger partial charge is 0.212 e. The summed E-state index contributed by atoms with van der Waals surface area (Å²) in [5.74, 6) is 0. The van der Waals surface area contributed by atoms with Crippen LogP contribution in [0.2, 0.25) is 0 Å². The van der Waals surface area contributed by atoms with E-state index >= 15 is 0 Å². The third-order valence-electron chi connectivity index (χ3n) is 1.52. The second-order valence-corrected chi connectivity index (χ2v) is 37.0. The maximum Gasteiger partial charge on any atom is 0.212 e. The molecule has 0 N–H and O–H groups in total. The minimum absolute atomic E-state index is 0.0419. The zero-order valence-electron chi connectivity index (χ0n) is 7.07. The van der Waals surface area contributed by atoms with Crippen molar-refractivity contribution in [2.75, 3.05) is 0 Å². The summed E-state index contributed by atoms with van der Waals surface area (Å²) < 4.78 is -2.16. The first-order valence-electron chi connectivity index (χ1n) is 3.28. The van der Waals surface area contributed by atoms with Crippen LogP contribution in [0.25, 0.3) is 0 Å². The standard InChI is InChI=1S/C5I11O/c6-1(7,2(8,9)4(11,12)13)3(10,17)5(14,15)16. The van der Waals surface area contributed by atoms with Crippen molar-refractivity contribution < 1.29 is 5.11 Å². The third kappa shape index (κ3) is 5.99. The molecular formula is C5I11O. The Hall–Kier alpha value is 7.99. The van der Waals surface area contributed by atoms with Crippen LogP contribution in [0, 0.1) is 0 Å². The molecule has 0 saturated heterocycles. The van der Waals surface area contributed by atoms with E-state index in [2.05, 4.69) is 248 Å². The van der Waals surface area contributed by atoms with Crippen LogP contribution in [0.4, 0.5) is 0 Å². The van der Waals surface area contributed by atoms with Gasteiger partial charge in [0.25, 0.3) is 0 Å². The average Bonchev–Trinajstić information content (AvgIpc) is 1.98. The number of hydrogen-bond acceptors (Lipinski definition) is 0. The Morgan fingerprint density at radius 3 is 0.941 bits per heavy atom. The fourth-order valence-electron chi connectivity index (χ4n) is 0.558. The van der Waals surface area contributed by atoms with Gasteiger partial charge in [0.1, 0.15) is 2.29 Å². The molecule has 1 unspecified atom stereocenters. The van der Waals surface area contributed by atoms with E-state index in [-0.39, 0.29) is 0.299 Å². The first-order chi connectivity index (χ1) is 7.00. The molecule has 0 saturated carbocycles. The summed E-state index contributed by atoms with van der Waals surface area (Å²) in [5, 5.41) is 13.2. The SMILES string of the molecule is [O]C(I)(C(I)(I)I)C(I)(I)C(I)(I)C(I)(I)I. The van der Waals surface area contributed by atoms with Gasteiger partial charge in [0.15, 0.2) is -0.565 Å². The molecule has 0 spiro atoms. The minimum atomic E-state index is -1.10. The number of halogens is 11. The molecule has 1 nitrogen and oxygen atoms in total. The van der Waals surface area contributed by atoms with Gasteiger partial charge in [0.05, 0.1) is 0 Å². The van der Waals surface area contributed by atoms with Crippen molar-refractivity contribution in [3.8, 4) is 0 Å². The van der Waals surface area contributed by atoms with Gasteiger partial charge >= 0.3 is 0 Å². The second-order valence-electron chi connectivity index (χ2n) is 2.74. The van der Waals surface area contributed by atoms with Gasteiger partial charge in [-0.15, -0.1) is 0 Å². The minimum Gasteiger partial charge on any atom is -0.212 e. The lowest BCUT2D eigenvalue weighted by Gasteiger charge is -2.48. The molecule has 0 aliphatic heterocycles. The molecule has 0 aliphatic rings. The summed E-state index contributed by atoms with van der Waals surface area (Å²) in [5.41, 5.74) is 0. The zero-order chi connectivity index (χ0) is 14.5. The molecule has 0 aromatic rings. The quantitative estimate of drug-likeness (QED) is 0.199. The van der Waals surface area contributed by atoms with E-state index in [9.17, 15) is 5.11 Å². The highest BCUT2D eigenvalue weighted by atomic mass is 127. The second kappa shape index (κ2) is 8.79. The summed E-state index contributed by atoms with van der Waals surface area (Å²) in [6, 6.07) is 0. The van der Waals surface area contributed by atoms with Crippen LogP contribution in [-0.2, 0) is 5.11 Å². The molecule has 0 aromatic heterocycles. The Kier molecular flexibility index (Phi) is 12.9. The molecule has 0 rings (SSSR count). The van der Waals surface area contributed by atoms with Crippen LogP contribution >= 0.6 is 248 Å². The topological polar surface area (TPSA) is 19.9 Å². The maximum absolute atomic E-state index is 13.2. The molecule has 0 aliphatic carbocycles. The van der Waals surface area contributed by atoms with Gasteiger partial charge in [-0.25, -0.2) is 5.11 Å². The normalized spacial score (nSPS) is 19.1. The molecule has 0 bridgehead atoms. The van der Waals surface area contributed by atoms with Crippen LogP contribution in [0.3, 0.4) is 0 Å². The molecule has 1 atom stereocenters. The van der Waals surface area contributed by atoms with Gasteiger partial charge in [0.2, 0.25) is 3.61 Å². The van der Waals surface area contributed by atoms with Gasteiger partial charge in [-0.3, -0.25) is 0 Å². The van der Waals surface area contributed by atoms with E-state index in [1.165, 1.54) is 0 Å². The lowest BCUT2D eigenvalue weighted by molar-refractivity contribution is 0.0873. The zero-order valence-corrected chi connectivity index (χ0v) is 30.8. The summed E-state index contributed by atoms with van der Waals surface area (Å²) in [6.07, 6.45) is 0. The molecular weight excluding hydrogens is 1470 g/mol. The van der Waals surface area contributed by atoms with Gasteiger partial charge in [-0.05, 0) is 22.6 Å². The summed E-state index contributed by atoms with van der Waals surface area (Å²) in [6.45, 7) is 0. The third-order valence-corrected chi connectivity index (χ3v) is 29.7. The van der Waals surface area contributed by atoms with Gasteiger partial charge in [0, 0.05) is 0 Å². The maximum atomic E-state index is 13.2. The highest BCUT2D eigenvalue weighted by Crippen LogP contribution is 2.72. The molecule has 0 amide bonds. The Morgan fingerprint density at radius 1 is 0.471 bits per heavy atom. The lowest BCUT2D eigenvalue weighted by Crippen LogP contribution is -2.59. The molecule has 103 valence electrons.